The van der Waals surface area contributed by atoms with Crippen LogP contribution in [-0.2, 0) is 10.9 Å². The van der Waals surface area contributed by atoms with Gasteiger partial charge in [-0.3, -0.25) is 4.90 Å². The molecule has 1 aliphatic carbocycles. The first kappa shape index (κ1) is 16.7. The lowest BCUT2D eigenvalue weighted by Crippen LogP contribution is -2.53. The Kier molecular flexibility index (Phi) is 4.94. The second kappa shape index (κ2) is 6.79. The van der Waals surface area contributed by atoms with Crippen LogP contribution in [0.1, 0.15) is 42.9 Å². The number of hydrogen-bond acceptors (Lipinski definition) is 3. The van der Waals surface area contributed by atoms with Gasteiger partial charge in [0.15, 0.2) is 0 Å². The first-order valence-electron chi connectivity index (χ1n) is 8.16. The quantitative estimate of drug-likeness (QED) is 0.923. The molecule has 128 valence electrons. The first-order chi connectivity index (χ1) is 10.9. The molecule has 1 aromatic carbocycles. The minimum Gasteiger partial charge on any atom is -0.387 e. The SMILES string of the molecule is O[C@H](CN1CCO[C@@H]2CCCC[C@@H]21)c1cccc(C(F)(F)F)c1. The molecule has 3 atom stereocenters. The first-order valence-corrected chi connectivity index (χ1v) is 8.16. The van der Waals surface area contributed by atoms with Crippen LogP contribution in [0.4, 0.5) is 13.2 Å². The van der Waals surface area contributed by atoms with E-state index in [9.17, 15) is 18.3 Å². The fourth-order valence-electron chi connectivity index (χ4n) is 3.65. The van der Waals surface area contributed by atoms with E-state index >= 15 is 0 Å². The van der Waals surface area contributed by atoms with Crippen molar-refractivity contribution in [2.45, 2.75) is 50.1 Å². The molecule has 0 unspecified atom stereocenters. The number of ether oxygens (including phenoxy) is 1. The van der Waals surface area contributed by atoms with Crippen LogP contribution in [0.25, 0.3) is 0 Å². The van der Waals surface area contributed by atoms with Crippen molar-refractivity contribution in [2.75, 3.05) is 19.7 Å². The van der Waals surface area contributed by atoms with Crippen LogP contribution in [0.5, 0.6) is 0 Å². The number of hydrogen-bond donors (Lipinski definition) is 1. The molecule has 0 radical (unpaired) electrons. The van der Waals surface area contributed by atoms with Gasteiger partial charge in [-0.05, 0) is 30.5 Å². The number of halogens is 3. The number of rotatable bonds is 3. The van der Waals surface area contributed by atoms with E-state index in [0.29, 0.717) is 18.7 Å². The molecule has 1 N–H and O–H groups in total. The molecule has 6 heteroatoms. The maximum atomic E-state index is 12.8. The van der Waals surface area contributed by atoms with Crippen molar-refractivity contribution in [1.29, 1.82) is 0 Å². The van der Waals surface area contributed by atoms with E-state index in [2.05, 4.69) is 4.90 Å². The van der Waals surface area contributed by atoms with Gasteiger partial charge in [0.25, 0.3) is 0 Å². The summed E-state index contributed by atoms with van der Waals surface area (Å²) >= 11 is 0. The highest BCUT2D eigenvalue weighted by Crippen LogP contribution is 2.32. The number of β-amino-alcohol motifs (C(OH)–C–C–N with tert-alkyl or cyclic N) is 1. The van der Waals surface area contributed by atoms with E-state index in [0.717, 1.165) is 44.4 Å². The molecule has 0 bridgehead atoms. The van der Waals surface area contributed by atoms with Gasteiger partial charge in [0, 0.05) is 19.1 Å². The Morgan fingerprint density at radius 2 is 2.04 bits per heavy atom. The van der Waals surface area contributed by atoms with Crippen molar-refractivity contribution in [3.05, 3.63) is 35.4 Å². The molecule has 3 rings (SSSR count). The molecular weight excluding hydrogens is 307 g/mol. The van der Waals surface area contributed by atoms with E-state index in [1.807, 2.05) is 0 Å². The molecule has 1 aliphatic heterocycles. The molecule has 3 nitrogen and oxygen atoms in total. The van der Waals surface area contributed by atoms with Crippen molar-refractivity contribution in [2.24, 2.45) is 0 Å². The van der Waals surface area contributed by atoms with E-state index in [-0.39, 0.29) is 12.1 Å². The molecule has 2 fully saturated rings. The highest BCUT2D eigenvalue weighted by Gasteiger charge is 2.35. The number of aliphatic hydroxyl groups excluding tert-OH is 1. The van der Waals surface area contributed by atoms with Crippen LogP contribution in [0.3, 0.4) is 0 Å². The summed E-state index contributed by atoms with van der Waals surface area (Å²) in [6, 6.07) is 5.26. The molecule has 1 heterocycles. The summed E-state index contributed by atoms with van der Waals surface area (Å²) in [6.07, 6.45) is -0.750. The number of morpholine rings is 1. The van der Waals surface area contributed by atoms with Gasteiger partial charge >= 0.3 is 6.18 Å². The Morgan fingerprint density at radius 1 is 1.26 bits per heavy atom. The van der Waals surface area contributed by atoms with Crippen LogP contribution in [-0.4, -0.2) is 41.8 Å². The average molecular weight is 329 g/mol. The zero-order valence-corrected chi connectivity index (χ0v) is 12.9. The molecule has 0 aromatic heterocycles. The van der Waals surface area contributed by atoms with Gasteiger partial charge in [-0.25, -0.2) is 0 Å². The van der Waals surface area contributed by atoms with E-state index < -0.39 is 17.8 Å². The summed E-state index contributed by atoms with van der Waals surface area (Å²) in [5, 5.41) is 10.4. The summed E-state index contributed by atoms with van der Waals surface area (Å²) < 4.78 is 44.2. The zero-order valence-electron chi connectivity index (χ0n) is 12.9. The summed E-state index contributed by atoms with van der Waals surface area (Å²) in [7, 11) is 0. The van der Waals surface area contributed by atoms with Crippen LogP contribution < -0.4 is 0 Å². The minimum absolute atomic E-state index is 0.200. The van der Waals surface area contributed by atoms with Gasteiger partial charge in [-0.2, -0.15) is 13.2 Å². The van der Waals surface area contributed by atoms with Crippen LogP contribution in [0, 0.1) is 0 Å². The van der Waals surface area contributed by atoms with E-state index in [1.54, 1.807) is 6.07 Å². The number of aliphatic hydroxyl groups is 1. The Morgan fingerprint density at radius 3 is 2.83 bits per heavy atom. The van der Waals surface area contributed by atoms with Gasteiger partial charge in [-0.1, -0.05) is 25.0 Å². The summed E-state index contributed by atoms with van der Waals surface area (Å²) in [5.41, 5.74) is -0.398. The maximum Gasteiger partial charge on any atom is 0.416 e. The van der Waals surface area contributed by atoms with Gasteiger partial charge in [0.05, 0.1) is 24.4 Å². The number of alkyl halides is 3. The monoisotopic (exact) mass is 329 g/mol. The van der Waals surface area contributed by atoms with Gasteiger partial charge in [-0.15, -0.1) is 0 Å². The van der Waals surface area contributed by atoms with Crippen molar-refractivity contribution >= 4 is 0 Å². The predicted octanol–water partition coefficient (Wildman–Crippen LogP) is 3.38. The normalized spacial score (nSPS) is 27.5. The lowest BCUT2D eigenvalue weighted by Gasteiger charge is -2.44. The third kappa shape index (κ3) is 3.87. The van der Waals surface area contributed by atoms with Crippen LogP contribution >= 0.6 is 0 Å². The predicted molar refractivity (Wildman–Crippen MR) is 80.0 cm³/mol. The zero-order chi connectivity index (χ0) is 16.4. The second-order valence-corrected chi connectivity index (χ2v) is 6.40. The smallest absolute Gasteiger partial charge is 0.387 e. The fraction of sp³-hybridized carbons (Fsp3) is 0.647. The Hall–Kier alpha value is -1.11. The number of fused-ring (bicyclic) bond motifs is 1. The van der Waals surface area contributed by atoms with Crippen molar-refractivity contribution < 1.29 is 23.0 Å². The lowest BCUT2D eigenvalue weighted by molar-refractivity contribution is -0.137. The summed E-state index contributed by atoms with van der Waals surface area (Å²) in [6.45, 7) is 1.69. The topological polar surface area (TPSA) is 32.7 Å². The van der Waals surface area contributed by atoms with E-state index in [4.69, 9.17) is 4.74 Å². The molecule has 23 heavy (non-hydrogen) atoms. The molecular formula is C17H22F3NO2. The van der Waals surface area contributed by atoms with Crippen molar-refractivity contribution in [3.63, 3.8) is 0 Å². The molecule has 1 aromatic rings. The average Bonchev–Trinajstić information content (AvgIpc) is 2.54. The Labute approximate surface area is 134 Å². The maximum absolute atomic E-state index is 12.8. The van der Waals surface area contributed by atoms with Crippen molar-refractivity contribution in [1.82, 2.24) is 4.90 Å². The molecule has 1 saturated heterocycles. The summed E-state index contributed by atoms with van der Waals surface area (Å²) in [5.74, 6) is 0. The number of benzene rings is 1. The fourth-order valence-corrected chi connectivity index (χ4v) is 3.65. The summed E-state index contributed by atoms with van der Waals surface area (Å²) in [4.78, 5) is 2.18. The van der Waals surface area contributed by atoms with Crippen molar-refractivity contribution in [3.8, 4) is 0 Å². The highest BCUT2D eigenvalue weighted by molar-refractivity contribution is 5.27. The van der Waals surface area contributed by atoms with Crippen LogP contribution in [0.15, 0.2) is 24.3 Å². The van der Waals surface area contributed by atoms with Gasteiger partial charge in [0.1, 0.15) is 0 Å². The molecule has 0 spiro atoms. The highest BCUT2D eigenvalue weighted by atomic mass is 19.4. The van der Waals surface area contributed by atoms with E-state index in [1.165, 1.54) is 6.07 Å². The van der Waals surface area contributed by atoms with Crippen LogP contribution in [0.2, 0.25) is 0 Å². The van der Waals surface area contributed by atoms with Gasteiger partial charge in [0.2, 0.25) is 0 Å². The van der Waals surface area contributed by atoms with Gasteiger partial charge < -0.3 is 9.84 Å². The third-order valence-electron chi connectivity index (χ3n) is 4.85. The number of nitrogens with zero attached hydrogens (tertiary/aromatic N) is 1. The minimum atomic E-state index is -4.39. The molecule has 0 amide bonds. The standard InChI is InChI=1S/C17H22F3NO2/c18-17(19,20)13-5-3-4-12(10-13)15(22)11-21-8-9-23-16-7-2-1-6-14(16)21/h3-5,10,14-16,22H,1-2,6-9,11H2/t14-,15+,16+/m0/s1. The largest absolute Gasteiger partial charge is 0.416 e. The Bertz CT molecular complexity index is 533. The lowest BCUT2D eigenvalue weighted by atomic mass is 9.89. The Balaban J connectivity index is 1.70. The second-order valence-electron chi connectivity index (χ2n) is 6.40. The third-order valence-corrected chi connectivity index (χ3v) is 4.85. The molecule has 2 aliphatic rings. The molecule has 1 saturated carbocycles.